The number of carbonyl (C=O) groups is 3. The zero-order valence-corrected chi connectivity index (χ0v) is 23.5. The number of benzene rings is 3. The zero-order valence-electron chi connectivity index (χ0n) is 23.5. The number of aliphatic hydroxyl groups is 1. The van der Waals surface area contributed by atoms with Gasteiger partial charge in [0, 0.05) is 54.6 Å². The van der Waals surface area contributed by atoms with Gasteiger partial charge in [0.2, 0.25) is 0 Å². The van der Waals surface area contributed by atoms with Gasteiger partial charge in [0.15, 0.2) is 0 Å². The number of amides is 2. The summed E-state index contributed by atoms with van der Waals surface area (Å²) >= 11 is 0. The van der Waals surface area contributed by atoms with Crippen LogP contribution in [0.15, 0.2) is 85.1 Å². The third-order valence-corrected chi connectivity index (χ3v) is 7.24. The average Bonchev–Trinajstić information content (AvgIpc) is 3.45. The van der Waals surface area contributed by atoms with E-state index in [1.54, 1.807) is 84.5 Å². The van der Waals surface area contributed by atoms with Crippen LogP contribution in [0.25, 0.3) is 0 Å². The van der Waals surface area contributed by atoms with E-state index in [1.165, 1.54) is 7.11 Å². The van der Waals surface area contributed by atoms with Gasteiger partial charge in [0.1, 0.15) is 5.69 Å². The van der Waals surface area contributed by atoms with Crippen molar-refractivity contribution in [1.82, 2.24) is 4.57 Å². The van der Waals surface area contributed by atoms with Crippen molar-refractivity contribution in [2.24, 2.45) is 7.05 Å². The van der Waals surface area contributed by atoms with Crippen LogP contribution in [0.4, 0.5) is 28.4 Å². The molecule has 2 heterocycles. The summed E-state index contributed by atoms with van der Waals surface area (Å²) in [6, 6.07) is 22.9. The number of hydrogen-bond donors (Lipinski definition) is 4. The molecule has 1 fully saturated rings. The van der Waals surface area contributed by atoms with Crippen molar-refractivity contribution in [3.8, 4) is 0 Å². The number of aryl methyl sites for hydroxylation is 1. The highest BCUT2D eigenvalue weighted by atomic mass is 16.5. The lowest BCUT2D eigenvalue weighted by molar-refractivity contribution is 0.0601. The van der Waals surface area contributed by atoms with Crippen molar-refractivity contribution < 1.29 is 24.2 Å². The normalized spacial score (nSPS) is 13.4. The Morgan fingerprint density at radius 2 is 1.48 bits per heavy atom. The van der Waals surface area contributed by atoms with E-state index >= 15 is 0 Å². The second-order valence-corrected chi connectivity index (χ2v) is 10.1. The van der Waals surface area contributed by atoms with E-state index in [4.69, 9.17) is 4.74 Å². The quantitative estimate of drug-likeness (QED) is 0.220. The number of piperidine rings is 1. The molecule has 0 unspecified atom stereocenters. The Labute approximate surface area is 243 Å². The summed E-state index contributed by atoms with van der Waals surface area (Å²) in [5.74, 6) is -1.08. The van der Waals surface area contributed by atoms with Crippen molar-refractivity contribution in [3.05, 3.63) is 102 Å². The molecular weight excluding hydrogens is 534 g/mol. The highest BCUT2D eigenvalue weighted by Crippen LogP contribution is 2.27. The molecule has 1 aliphatic rings. The van der Waals surface area contributed by atoms with Crippen LogP contribution in [0.5, 0.6) is 0 Å². The molecule has 2 amide bonds. The Morgan fingerprint density at radius 1 is 0.833 bits per heavy atom. The van der Waals surface area contributed by atoms with Crippen LogP contribution in [0, 0.1) is 0 Å². The lowest BCUT2D eigenvalue weighted by Gasteiger charge is -2.31. The molecule has 1 aromatic heterocycles. The van der Waals surface area contributed by atoms with Gasteiger partial charge in [0.05, 0.1) is 24.5 Å². The summed E-state index contributed by atoms with van der Waals surface area (Å²) < 4.78 is 6.72. The van der Waals surface area contributed by atoms with E-state index in [0.717, 1.165) is 31.6 Å². The molecule has 216 valence electrons. The Balaban J connectivity index is 1.25. The molecule has 0 radical (unpaired) electrons. The first-order valence-electron chi connectivity index (χ1n) is 13.7. The Bertz CT molecular complexity index is 1570. The number of nitrogens with one attached hydrogen (secondary N) is 3. The molecule has 10 nitrogen and oxygen atoms in total. The van der Waals surface area contributed by atoms with Gasteiger partial charge >= 0.3 is 5.97 Å². The number of anilines is 5. The molecule has 4 aromatic rings. The maximum absolute atomic E-state index is 13.0. The maximum atomic E-state index is 13.0. The number of rotatable bonds is 8. The first-order valence-corrected chi connectivity index (χ1v) is 13.7. The van der Waals surface area contributed by atoms with E-state index < -0.39 is 5.97 Å². The number of esters is 1. The standard InChI is InChI=1S/C32H33N5O5/c1-36-17-3-4-29(36)31(40)34-23-9-7-22(8-10-23)33-28-14-11-24(20-27(28)32(41)42-2)35-30(39)21-5-12-25(13-6-21)37-18-15-26(38)16-19-37/h3-14,17,20,26,33,38H,15-16,18-19H2,1-2H3,(H,34,40)(H,35,39). The Hall–Kier alpha value is -5.09. The molecule has 4 N–H and O–H groups in total. The van der Waals surface area contributed by atoms with Gasteiger partial charge in [-0.2, -0.15) is 0 Å². The number of methoxy groups -OCH3 is 1. The summed E-state index contributed by atoms with van der Waals surface area (Å²) in [6.45, 7) is 1.55. The van der Waals surface area contributed by atoms with Crippen molar-refractivity contribution in [3.63, 3.8) is 0 Å². The topological polar surface area (TPSA) is 125 Å². The summed E-state index contributed by atoms with van der Waals surface area (Å²) in [5, 5.41) is 18.7. The molecule has 0 spiro atoms. The van der Waals surface area contributed by atoms with E-state index in [2.05, 4.69) is 20.9 Å². The molecule has 3 aromatic carbocycles. The second kappa shape index (κ2) is 12.6. The van der Waals surface area contributed by atoms with Gasteiger partial charge in [-0.25, -0.2) is 4.79 Å². The highest BCUT2D eigenvalue weighted by molar-refractivity contribution is 6.06. The molecule has 1 aliphatic heterocycles. The van der Waals surface area contributed by atoms with Crippen LogP contribution in [0.3, 0.4) is 0 Å². The van der Waals surface area contributed by atoms with E-state index in [1.807, 2.05) is 12.1 Å². The minimum atomic E-state index is -0.559. The highest BCUT2D eigenvalue weighted by Gasteiger charge is 2.18. The minimum absolute atomic E-state index is 0.215. The summed E-state index contributed by atoms with van der Waals surface area (Å²) in [6.07, 6.45) is 3.02. The lowest BCUT2D eigenvalue weighted by atomic mass is 10.1. The predicted molar refractivity (Wildman–Crippen MR) is 163 cm³/mol. The van der Waals surface area contributed by atoms with Crippen LogP contribution in [0.1, 0.15) is 44.0 Å². The first kappa shape index (κ1) is 28.4. The maximum Gasteiger partial charge on any atom is 0.340 e. The second-order valence-electron chi connectivity index (χ2n) is 10.1. The van der Waals surface area contributed by atoms with Crippen LogP contribution in [-0.2, 0) is 11.8 Å². The van der Waals surface area contributed by atoms with Gasteiger partial charge in [-0.1, -0.05) is 0 Å². The molecule has 0 saturated carbocycles. The number of carbonyl (C=O) groups excluding carboxylic acids is 3. The molecular formula is C32H33N5O5. The largest absolute Gasteiger partial charge is 0.465 e. The molecule has 10 heteroatoms. The molecule has 1 saturated heterocycles. The first-order chi connectivity index (χ1) is 20.3. The minimum Gasteiger partial charge on any atom is -0.465 e. The fourth-order valence-electron chi connectivity index (χ4n) is 4.85. The van der Waals surface area contributed by atoms with E-state index in [0.29, 0.717) is 34.0 Å². The predicted octanol–water partition coefficient (Wildman–Crippen LogP) is 5.02. The molecule has 5 rings (SSSR count). The van der Waals surface area contributed by atoms with Gasteiger partial charge in [-0.05, 0) is 91.7 Å². The van der Waals surface area contributed by atoms with E-state index in [-0.39, 0.29) is 23.5 Å². The van der Waals surface area contributed by atoms with Crippen LogP contribution in [-0.4, -0.2) is 53.8 Å². The zero-order chi connectivity index (χ0) is 29.6. The third kappa shape index (κ3) is 6.61. The number of hydrogen-bond acceptors (Lipinski definition) is 7. The molecule has 0 bridgehead atoms. The molecule has 0 aliphatic carbocycles. The number of ether oxygens (including phenoxy) is 1. The van der Waals surface area contributed by atoms with Gasteiger partial charge in [-0.15, -0.1) is 0 Å². The summed E-state index contributed by atoms with van der Waals surface area (Å²) in [4.78, 5) is 40.2. The van der Waals surface area contributed by atoms with Gasteiger partial charge < -0.3 is 35.3 Å². The van der Waals surface area contributed by atoms with Crippen LogP contribution >= 0.6 is 0 Å². The van der Waals surface area contributed by atoms with Crippen molar-refractivity contribution in [2.45, 2.75) is 18.9 Å². The Morgan fingerprint density at radius 3 is 2.12 bits per heavy atom. The van der Waals surface area contributed by atoms with Crippen molar-refractivity contribution in [2.75, 3.05) is 41.0 Å². The van der Waals surface area contributed by atoms with Crippen molar-refractivity contribution in [1.29, 1.82) is 0 Å². The third-order valence-electron chi connectivity index (χ3n) is 7.24. The van der Waals surface area contributed by atoms with Crippen LogP contribution < -0.4 is 20.9 Å². The molecule has 0 atom stereocenters. The van der Waals surface area contributed by atoms with Gasteiger partial charge in [-0.3, -0.25) is 9.59 Å². The van der Waals surface area contributed by atoms with Gasteiger partial charge in [0.25, 0.3) is 11.8 Å². The van der Waals surface area contributed by atoms with E-state index in [9.17, 15) is 19.5 Å². The fraction of sp³-hybridized carbons (Fsp3) is 0.219. The van der Waals surface area contributed by atoms with Crippen molar-refractivity contribution >= 4 is 46.2 Å². The average molecular weight is 568 g/mol. The summed E-state index contributed by atoms with van der Waals surface area (Å²) in [7, 11) is 3.10. The lowest BCUT2D eigenvalue weighted by Crippen LogP contribution is -2.35. The monoisotopic (exact) mass is 567 g/mol. The molecule has 42 heavy (non-hydrogen) atoms. The fourth-order valence-corrected chi connectivity index (χ4v) is 4.85. The number of aromatic nitrogens is 1. The Kier molecular flexibility index (Phi) is 8.54. The SMILES string of the molecule is COC(=O)c1cc(NC(=O)c2ccc(N3CCC(O)CC3)cc2)ccc1Nc1ccc(NC(=O)c2cccn2C)cc1. The van der Waals surface area contributed by atoms with Crippen LogP contribution in [0.2, 0.25) is 0 Å². The smallest absolute Gasteiger partial charge is 0.340 e. The number of nitrogens with zero attached hydrogens (tertiary/aromatic N) is 2. The number of aliphatic hydroxyl groups excluding tert-OH is 1. The summed E-state index contributed by atoms with van der Waals surface area (Å²) in [5.41, 5.74) is 4.54.